The van der Waals surface area contributed by atoms with Crippen LogP contribution in [0, 0.1) is 0 Å². The normalized spacial score (nSPS) is 11.6. The average molecular weight is 718 g/mol. The SMILES string of the molecule is c1ccc(-c2cc(-c3cc(-c4ccc5oc6ccccc6c5c4)cc(-c4ccc5oc6ccccc6c5c4)c3)nc(-c3cccc(-c4ccncc4)c3)n2)cc1. The summed E-state index contributed by atoms with van der Waals surface area (Å²) in [4.78, 5) is 14.7. The van der Waals surface area contributed by atoms with Gasteiger partial charge < -0.3 is 8.83 Å². The minimum Gasteiger partial charge on any atom is -0.456 e. The second-order valence-corrected chi connectivity index (χ2v) is 14.1. The number of hydrogen-bond donors (Lipinski definition) is 0. The summed E-state index contributed by atoms with van der Waals surface area (Å²) in [5, 5.41) is 4.36. The van der Waals surface area contributed by atoms with Gasteiger partial charge >= 0.3 is 0 Å². The molecule has 0 spiro atoms. The summed E-state index contributed by atoms with van der Waals surface area (Å²) in [5.41, 5.74) is 14.6. The molecule has 0 unspecified atom stereocenters. The van der Waals surface area contributed by atoms with Gasteiger partial charge in [0.15, 0.2) is 5.82 Å². The third-order valence-electron chi connectivity index (χ3n) is 10.6. The molecular weight excluding hydrogens is 687 g/mol. The first-order valence-corrected chi connectivity index (χ1v) is 18.6. The lowest BCUT2D eigenvalue weighted by Gasteiger charge is -2.14. The molecule has 5 nitrogen and oxygen atoms in total. The Kier molecular flexibility index (Phi) is 7.42. The van der Waals surface area contributed by atoms with Crippen molar-refractivity contribution in [2.24, 2.45) is 0 Å². The molecule has 0 radical (unpaired) electrons. The van der Waals surface area contributed by atoms with E-state index in [4.69, 9.17) is 18.8 Å². The molecule has 262 valence electrons. The van der Waals surface area contributed by atoms with Crippen LogP contribution in [0.5, 0.6) is 0 Å². The van der Waals surface area contributed by atoms with Gasteiger partial charge in [0.05, 0.1) is 11.4 Å². The third-order valence-corrected chi connectivity index (χ3v) is 10.6. The van der Waals surface area contributed by atoms with Crippen molar-refractivity contribution in [3.05, 3.63) is 188 Å². The average Bonchev–Trinajstić information content (AvgIpc) is 3.84. The lowest BCUT2D eigenvalue weighted by Crippen LogP contribution is -1.97. The Balaban J connectivity index is 1.13. The Morgan fingerprint density at radius 3 is 1.41 bits per heavy atom. The van der Waals surface area contributed by atoms with Crippen LogP contribution in [-0.2, 0) is 0 Å². The number of fused-ring (bicyclic) bond motifs is 6. The first-order valence-electron chi connectivity index (χ1n) is 18.6. The molecule has 5 heteroatoms. The lowest BCUT2D eigenvalue weighted by molar-refractivity contribution is 0.668. The largest absolute Gasteiger partial charge is 0.456 e. The Bertz CT molecular complexity index is 3120. The van der Waals surface area contributed by atoms with Crippen molar-refractivity contribution < 1.29 is 8.83 Å². The maximum atomic E-state index is 6.22. The van der Waals surface area contributed by atoms with E-state index in [9.17, 15) is 0 Å². The molecular formula is C51H31N3O2. The molecule has 7 aromatic carbocycles. The quantitative estimate of drug-likeness (QED) is 0.171. The highest BCUT2D eigenvalue weighted by molar-refractivity contribution is 6.07. The topological polar surface area (TPSA) is 65.0 Å². The number of furan rings is 2. The van der Waals surface area contributed by atoms with Crippen LogP contribution < -0.4 is 0 Å². The van der Waals surface area contributed by atoms with Crippen molar-refractivity contribution in [2.75, 3.05) is 0 Å². The van der Waals surface area contributed by atoms with Crippen molar-refractivity contribution in [1.82, 2.24) is 15.0 Å². The molecule has 11 rings (SSSR count). The van der Waals surface area contributed by atoms with Gasteiger partial charge in [0.25, 0.3) is 0 Å². The second-order valence-electron chi connectivity index (χ2n) is 14.1. The molecule has 0 aliphatic rings. The highest BCUT2D eigenvalue weighted by atomic mass is 16.3. The van der Waals surface area contributed by atoms with Crippen LogP contribution in [0.4, 0.5) is 0 Å². The van der Waals surface area contributed by atoms with E-state index in [1.807, 2.05) is 67.0 Å². The zero-order chi connectivity index (χ0) is 37.0. The molecule has 4 heterocycles. The van der Waals surface area contributed by atoms with Gasteiger partial charge in [-0.3, -0.25) is 4.98 Å². The van der Waals surface area contributed by atoms with E-state index >= 15 is 0 Å². The van der Waals surface area contributed by atoms with Crippen LogP contribution in [0.25, 0.3) is 111 Å². The molecule has 0 saturated heterocycles. The Labute approximate surface area is 322 Å². The molecule has 0 aliphatic heterocycles. The second kappa shape index (κ2) is 13.0. The number of hydrogen-bond acceptors (Lipinski definition) is 5. The smallest absolute Gasteiger partial charge is 0.160 e. The van der Waals surface area contributed by atoms with Gasteiger partial charge in [-0.2, -0.15) is 0 Å². The van der Waals surface area contributed by atoms with Gasteiger partial charge in [-0.25, -0.2) is 9.97 Å². The summed E-state index contributed by atoms with van der Waals surface area (Å²) in [6.45, 7) is 0. The van der Waals surface area contributed by atoms with Crippen LogP contribution in [0.1, 0.15) is 0 Å². The number of aromatic nitrogens is 3. The van der Waals surface area contributed by atoms with Gasteiger partial charge in [0.1, 0.15) is 22.3 Å². The van der Waals surface area contributed by atoms with E-state index in [-0.39, 0.29) is 0 Å². The first-order chi connectivity index (χ1) is 27.7. The summed E-state index contributed by atoms with van der Waals surface area (Å²) in [6, 6.07) is 61.0. The lowest BCUT2D eigenvalue weighted by atomic mass is 9.93. The Morgan fingerprint density at radius 1 is 0.286 bits per heavy atom. The summed E-state index contributed by atoms with van der Waals surface area (Å²) >= 11 is 0. The Morgan fingerprint density at radius 2 is 0.768 bits per heavy atom. The maximum absolute atomic E-state index is 6.22. The van der Waals surface area contributed by atoms with Crippen LogP contribution in [-0.4, -0.2) is 15.0 Å². The predicted molar refractivity (Wildman–Crippen MR) is 227 cm³/mol. The van der Waals surface area contributed by atoms with Crippen molar-refractivity contribution in [1.29, 1.82) is 0 Å². The monoisotopic (exact) mass is 717 g/mol. The minimum atomic E-state index is 0.654. The number of benzene rings is 7. The summed E-state index contributed by atoms with van der Waals surface area (Å²) in [5.74, 6) is 0.654. The number of pyridine rings is 1. The zero-order valence-electron chi connectivity index (χ0n) is 30.1. The molecule has 0 atom stereocenters. The van der Waals surface area contributed by atoms with E-state index in [2.05, 4.69) is 126 Å². The fourth-order valence-electron chi connectivity index (χ4n) is 7.78. The molecule has 0 aliphatic carbocycles. The van der Waals surface area contributed by atoms with Crippen molar-refractivity contribution in [2.45, 2.75) is 0 Å². The minimum absolute atomic E-state index is 0.654. The number of para-hydroxylation sites is 2. The molecule has 4 aromatic heterocycles. The van der Waals surface area contributed by atoms with E-state index in [0.29, 0.717) is 5.82 Å². The maximum Gasteiger partial charge on any atom is 0.160 e. The third kappa shape index (κ3) is 5.62. The summed E-state index contributed by atoms with van der Waals surface area (Å²) in [6.07, 6.45) is 3.63. The number of nitrogens with zero attached hydrogens (tertiary/aromatic N) is 3. The van der Waals surface area contributed by atoms with Gasteiger partial charge in [-0.1, -0.05) is 97.1 Å². The van der Waals surface area contributed by atoms with Crippen LogP contribution in [0.2, 0.25) is 0 Å². The summed E-state index contributed by atoms with van der Waals surface area (Å²) < 4.78 is 12.4. The molecule has 0 saturated carbocycles. The molecule has 56 heavy (non-hydrogen) atoms. The first kappa shape index (κ1) is 31.9. The molecule has 11 aromatic rings. The summed E-state index contributed by atoms with van der Waals surface area (Å²) in [7, 11) is 0. The van der Waals surface area contributed by atoms with Crippen LogP contribution in [0.15, 0.2) is 197 Å². The fourth-order valence-corrected chi connectivity index (χ4v) is 7.78. The standard InChI is InChI=1S/C51H31N3O2/c1-2-9-33(10-3-1)45-31-46(54-51(53-45)37-12-8-11-34(25-37)32-21-23-52-24-22-32)40-27-38(35-17-19-49-43(29-35)41-13-4-6-15-47(41)55-49)26-39(28-40)36-18-20-50-44(30-36)42-14-5-7-16-48(42)56-50/h1-31H. The van der Waals surface area contributed by atoms with Crippen molar-refractivity contribution >= 4 is 43.9 Å². The predicted octanol–water partition coefficient (Wildman–Crippen LogP) is 13.7. The van der Waals surface area contributed by atoms with Gasteiger partial charge in [0, 0.05) is 50.6 Å². The zero-order valence-corrected chi connectivity index (χ0v) is 30.1. The molecule has 0 bridgehead atoms. The fraction of sp³-hybridized carbons (Fsp3) is 0. The molecule has 0 amide bonds. The van der Waals surface area contributed by atoms with Crippen LogP contribution >= 0.6 is 0 Å². The molecule has 0 fully saturated rings. The van der Waals surface area contributed by atoms with E-state index in [0.717, 1.165) is 105 Å². The van der Waals surface area contributed by atoms with Crippen molar-refractivity contribution in [3.8, 4) is 67.3 Å². The highest BCUT2D eigenvalue weighted by Crippen LogP contribution is 2.39. The molecule has 0 N–H and O–H groups in total. The van der Waals surface area contributed by atoms with Crippen molar-refractivity contribution in [3.63, 3.8) is 0 Å². The van der Waals surface area contributed by atoms with Gasteiger partial charge in [0.2, 0.25) is 0 Å². The van der Waals surface area contributed by atoms with E-state index in [1.54, 1.807) is 0 Å². The van der Waals surface area contributed by atoms with E-state index < -0.39 is 0 Å². The van der Waals surface area contributed by atoms with Crippen LogP contribution in [0.3, 0.4) is 0 Å². The number of rotatable bonds is 6. The van der Waals surface area contributed by atoms with E-state index in [1.165, 1.54) is 0 Å². The van der Waals surface area contributed by atoms with Gasteiger partial charge in [-0.05, 0) is 112 Å². The van der Waals surface area contributed by atoms with Gasteiger partial charge in [-0.15, -0.1) is 0 Å². The Hall–Kier alpha value is -7.63. The highest BCUT2D eigenvalue weighted by Gasteiger charge is 2.16.